The Bertz CT molecular complexity index is 753. The lowest BCUT2D eigenvalue weighted by Gasteiger charge is -2.13. The minimum absolute atomic E-state index is 0.140. The van der Waals surface area contributed by atoms with Crippen molar-refractivity contribution in [2.75, 3.05) is 5.32 Å². The molecule has 22 heavy (non-hydrogen) atoms. The van der Waals surface area contributed by atoms with Crippen LogP contribution in [0.25, 0.3) is 0 Å². The summed E-state index contributed by atoms with van der Waals surface area (Å²) in [5, 5.41) is 5.96. The van der Waals surface area contributed by atoms with Crippen LogP contribution in [-0.2, 0) is 12.7 Å². The summed E-state index contributed by atoms with van der Waals surface area (Å²) >= 11 is 0. The molecule has 1 N–H and O–H groups in total. The van der Waals surface area contributed by atoms with E-state index >= 15 is 0 Å². The van der Waals surface area contributed by atoms with Gasteiger partial charge >= 0.3 is 6.18 Å². The molecular formula is C14H12F3N3O2. The normalized spacial score (nSPS) is 11.3. The van der Waals surface area contributed by atoms with Crippen molar-refractivity contribution < 1.29 is 18.0 Å². The molecule has 0 aliphatic rings. The van der Waals surface area contributed by atoms with E-state index in [0.717, 1.165) is 22.9 Å². The van der Waals surface area contributed by atoms with Crippen LogP contribution in [0.5, 0.6) is 0 Å². The number of carbonyl (C=O) groups is 1. The van der Waals surface area contributed by atoms with Crippen LogP contribution in [-0.4, -0.2) is 15.7 Å². The van der Waals surface area contributed by atoms with E-state index in [1.54, 1.807) is 6.92 Å². The van der Waals surface area contributed by atoms with Crippen LogP contribution in [0.4, 0.5) is 18.9 Å². The Morgan fingerprint density at radius 1 is 1.23 bits per heavy atom. The molecule has 1 aromatic carbocycles. The van der Waals surface area contributed by atoms with E-state index < -0.39 is 23.2 Å². The Balaban J connectivity index is 2.32. The monoisotopic (exact) mass is 311 g/mol. The van der Waals surface area contributed by atoms with Crippen LogP contribution in [0.3, 0.4) is 0 Å². The van der Waals surface area contributed by atoms with Crippen molar-refractivity contribution in [2.45, 2.75) is 19.6 Å². The number of para-hydroxylation sites is 1. The van der Waals surface area contributed by atoms with Crippen LogP contribution in [0, 0.1) is 0 Å². The summed E-state index contributed by atoms with van der Waals surface area (Å²) in [7, 11) is 0. The second-order valence-corrected chi connectivity index (χ2v) is 4.37. The lowest BCUT2D eigenvalue weighted by atomic mass is 10.1. The highest BCUT2D eigenvalue weighted by Crippen LogP contribution is 2.34. The Kier molecular flexibility index (Phi) is 4.30. The number of alkyl halides is 3. The largest absolute Gasteiger partial charge is 0.418 e. The van der Waals surface area contributed by atoms with Gasteiger partial charge in [-0.2, -0.15) is 18.3 Å². The number of benzene rings is 1. The second kappa shape index (κ2) is 6.00. The summed E-state index contributed by atoms with van der Waals surface area (Å²) in [4.78, 5) is 23.4. The van der Waals surface area contributed by atoms with Gasteiger partial charge in [-0.1, -0.05) is 12.1 Å². The predicted octanol–water partition coefficient (Wildman–Crippen LogP) is 2.53. The van der Waals surface area contributed by atoms with E-state index in [1.165, 1.54) is 18.2 Å². The molecule has 0 atom stereocenters. The number of aromatic nitrogens is 2. The number of carbonyl (C=O) groups excluding carboxylic acids is 1. The maximum atomic E-state index is 12.9. The van der Waals surface area contributed by atoms with Gasteiger partial charge in [-0.05, 0) is 25.1 Å². The highest BCUT2D eigenvalue weighted by molar-refractivity contribution is 6.03. The molecule has 0 aliphatic heterocycles. The first-order chi connectivity index (χ1) is 10.3. The number of amides is 1. The summed E-state index contributed by atoms with van der Waals surface area (Å²) in [6.07, 6.45) is -4.58. The summed E-state index contributed by atoms with van der Waals surface area (Å²) in [6.45, 7) is 1.91. The van der Waals surface area contributed by atoms with Gasteiger partial charge < -0.3 is 5.32 Å². The zero-order valence-corrected chi connectivity index (χ0v) is 11.5. The number of halogens is 3. The summed E-state index contributed by atoms with van der Waals surface area (Å²) < 4.78 is 39.6. The molecule has 0 radical (unpaired) electrons. The molecule has 0 saturated heterocycles. The fraction of sp³-hybridized carbons (Fsp3) is 0.214. The van der Waals surface area contributed by atoms with Gasteiger partial charge in [-0.15, -0.1) is 0 Å². The first kappa shape index (κ1) is 15.7. The lowest BCUT2D eigenvalue weighted by molar-refractivity contribution is -0.136. The Hall–Kier alpha value is -2.64. The molecule has 0 bridgehead atoms. The maximum absolute atomic E-state index is 12.9. The molecular weight excluding hydrogens is 299 g/mol. The van der Waals surface area contributed by atoms with Crippen molar-refractivity contribution in [3.05, 3.63) is 58.0 Å². The fourth-order valence-corrected chi connectivity index (χ4v) is 1.82. The van der Waals surface area contributed by atoms with Crippen LogP contribution in [0.1, 0.15) is 23.0 Å². The van der Waals surface area contributed by atoms with Gasteiger partial charge in [0.25, 0.3) is 11.5 Å². The molecule has 2 aromatic rings. The van der Waals surface area contributed by atoms with E-state index in [2.05, 4.69) is 10.4 Å². The Morgan fingerprint density at radius 2 is 1.91 bits per heavy atom. The van der Waals surface area contributed by atoms with Crippen molar-refractivity contribution in [1.82, 2.24) is 9.78 Å². The van der Waals surface area contributed by atoms with Gasteiger partial charge in [0, 0.05) is 12.6 Å². The minimum Gasteiger partial charge on any atom is -0.320 e. The van der Waals surface area contributed by atoms with Gasteiger partial charge in [0.1, 0.15) is 5.69 Å². The summed E-state index contributed by atoms with van der Waals surface area (Å²) in [5.74, 6) is -0.820. The van der Waals surface area contributed by atoms with Crippen molar-refractivity contribution in [2.24, 2.45) is 0 Å². The van der Waals surface area contributed by atoms with Crippen molar-refractivity contribution >= 4 is 11.6 Å². The van der Waals surface area contributed by atoms with Gasteiger partial charge in [-0.3, -0.25) is 9.59 Å². The van der Waals surface area contributed by atoms with E-state index in [0.29, 0.717) is 0 Å². The van der Waals surface area contributed by atoms with E-state index in [9.17, 15) is 22.8 Å². The average Bonchev–Trinajstić information content (AvgIpc) is 2.47. The number of rotatable bonds is 3. The van der Waals surface area contributed by atoms with E-state index in [-0.39, 0.29) is 17.9 Å². The number of hydrogen-bond donors (Lipinski definition) is 1. The summed E-state index contributed by atoms with van der Waals surface area (Å²) in [6, 6.07) is 6.94. The van der Waals surface area contributed by atoms with Crippen molar-refractivity contribution in [1.29, 1.82) is 0 Å². The average molecular weight is 311 g/mol. The van der Waals surface area contributed by atoms with Crippen LogP contribution in [0.2, 0.25) is 0 Å². The third kappa shape index (κ3) is 3.33. The third-order valence-electron chi connectivity index (χ3n) is 2.88. The van der Waals surface area contributed by atoms with E-state index in [1.807, 2.05) is 0 Å². The zero-order valence-electron chi connectivity index (χ0n) is 11.5. The highest BCUT2D eigenvalue weighted by atomic mass is 19.4. The van der Waals surface area contributed by atoms with Gasteiger partial charge in [-0.25, -0.2) is 4.68 Å². The smallest absolute Gasteiger partial charge is 0.320 e. The molecule has 116 valence electrons. The van der Waals surface area contributed by atoms with Crippen LogP contribution >= 0.6 is 0 Å². The maximum Gasteiger partial charge on any atom is 0.418 e. The molecule has 0 spiro atoms. The Morgan fingerprint density at radius 3 is 2.55 bits per heavy atom. The number of anilines is 1. The van der Waals surface area contributed by atoms with Crippen LogP contribution in [0.15, 0.2) is 41.2 Å². The molecule has 1 heterocycles. The number of hydrogen-bond acceptors (Lipinski definition) is 3. The van der Waals surface area contributed by atoms with Gasteiger partial charge in [0.2, 0.25) is 0 Å². The molecule has 2 rings (SSSR count). The van der Waals surface area contributed by atoms with E-state index in [4.69, 9.17) is 0 Å². The number of aryl methyl sites for hydroxylation is 1. The van der Waals surface area contributed by atoms with Crippen molar-refractivity contribution in [3.63, 3.8) is 0 Å². The molecule has 0 aliphatic carbocycles. The molecule has 1 aromatic heterocycles. The van der Waals surface area contributed by atoms with Crippen LogP contribution < -0.4 is 10.9 Å². The highest BCUT2D eigenvalue weighted by Gasteiger charge is 2.33. The predicted molar refractivity (Wildman–Crippen MR) is 73.6 cm³/mol. The first-order valence-electron chi connectivity index (χ1n) is 6.38. The third-order valence-corrected chi connectivity index (χ3v) is 2.88. The molecule has 5 nitrogen and oxygen atoms in total. The minimum atomic E-state index is -4.58. The summed E-state index contributed by atoms with van der Waals surface area (Å²) in [5.41, 5.74) is -1.85. The quantitative estimate of drug-likeness (QED) is 0.947. The second-order valence-electron chi connectivity index (χ2n) is 4.37. The standard InChI is InChI=1S/C14H12F3N3O2/c1-2-20-12(21)8-7-11(19-20)13(22)18-10-6-4-3-5-9(10)14(15,16)17/h3-8H,2H2,1H3,(H,18,22). The first-order valence-corrected chi connectivity index (χ1v) is 6.38. The fourth-order valence-electron chi connectivity index (χ4n) is 1.82. The lowest BCUT2D eigenvalue weighted by Crippen LogP contribution is -2.26. The topological polar surface area (TPSA) is 64.0 Å². The van der Waals surface area contributed by atoms with Gasteiger partial charge in [0.05, 0.1) is 11.3 Å². The molecule has 8 heteroatoms. The number of nitrogens with zero attached hydrogens (tertiary/aromatic N) is 2. The molecule has 1 amide bonds. The molecule has 0 fully saturated rings. The Labute approximate surface area is 123 Å². The van der Waals surface area contributed by atoms with Gasteiger partial charge in [0.15, 0.2) is 0 Å². The zero-order chi connectivity index (χ0) is 16.3. The molecule has 0 unspecified atom stereocenters. The van der Waals surface area contributed by atoms with Crippen molar-refractivity contribution in [3.8, 4) is 0 Å². The molecule has 0 saturated carbocycles. The number of nitrogens with one attached hydrogen (secondary N) is 1. The SMILES string of the molecule is CCn1nc(C(=O)Nc2ccccc2C(F)(F)F)ccc1=O.